The summed E-state index contributed by atoms with van der Waals surface area (Å²) < 4.78 is 17.8. The van der Waals surface area contributed by atoms with Gasteiger partial charge in [0.05, 0.1) is 38.5 Å². The number of rotatable bonds is 15. The molecule has 5 atom stereocenters. The molecule has 7 nitrogen and oxygen atoms in total. The zero-order valence-electron chi connectivity index (χ0n) is 24.5. The average molecular weight is 553 g/mol. The van der Waals surface area contributed by atoms with E-state index < -0.39 is 5.54 Å². The molecule has 1 saturated carbocycles. The number of amides is 2. The van der Waals surface area contributed by atoms with Crippen molar-refractivity contribution in [3.05, 3.63) is 61.2 Å². The Bertz CT molecular complexity index is 1020. The Morgan fingerprint density at radius 1 is 1.05 bits per heavy atom. The van der Waals surface area contributed by atoms with Crippen molar-refractivity contribution in [1.82, 2.24) is 9.80 Å². The first-order chi connectivity index (χ1) is 19.5. The monoisotopic (exact) mass is 552 g/mol. The summed E-state index contributed by atoms with van der Waals surface area (Å²) in [5, 5.41) is 0. The number of benzene rings is 1. The molecule has 1 aromatic rings. The summed E-state index contributed by atoms with van der Waals surface area (Å²) in [4.78, 5) is 31.4. The third kappa shape index (κ3) is 5.87. The van der Waals surface area contributed by atoms with Gasteiger partial charge in [-0.3, -0.25) is 9.69 Å². The van der Waals surface area contributed by atoms with E-state index in [4.69, 9.17) is 14.2 Å². The molecule has 2 amide bonds. The van der Waals surface area contributed by atoms with E-state index in [9.17, 15) is 9.59 Å². The minimum absolute atomic E-state index is 0.161. The van der Waals surface area contributed by atoms with E-state index in [-0.39, 0.29) is 29.4 Å². The molecule has 0 spiro atoms. The highest BCUT2D eigenvalue weighted by atomic mass is 16.5. The standard InChI is InChI=1S/C33H48N2O5/c1-5-7-9-13-17-29(36)34-20-18-28-27-21-32(19-14-8-6-2,24-40-23-26-15-11-10-12-16-26)30(34)33(28,25-38-3)35(22-27)31(37)39-4/h5-6,10-12,15-16,27-28,30H,1-2,7-9,13-14,17-25H2,3-4H3/t27-,28+,30-,32-,33-/m0/s1. The van der Waals surface area contributed by atoms with Crippen LogP contribution in [0.25, 0.3) is 0 Å². The maximum absolute atomic E-state index is 14.0. The van der Waals surface area contributed by atoms with Crippen LogP contribution in [0.2, 0.25) is 0 Å². The number of piperidine rings is 1. The van der Waals surface area contributed by atoms with Crippen molar-refractivity contribution in [2.24, 2.45) is 17.3 Å². The van der Waals surface area contributed by atoms with Gasteiger partial charge in [0.25, 0.3) is 0 Å². The predicted octanol–water partition coefficient (Wildman–Crippen LogP) is 6.00. The fraction of sp³-hybridized carbons (Fsp3) is 0.636. The molecule has 3 aliphatic rings. The van der Waals surface area contributed by atoms with Crippen LogP contribution in [0.5, 0.6) is 0 Å². The molecule has 1 aromatic carbocycles. The van der Waals surface area contributed by atoms with Gasteiger partial charge in [0.2, 0.25) is 5.91 Å². The van der Waals surface area contributed by atoms with Crippen LogP contribution in [0, 0.1) is 17.3 Å². The van der Waals surface area contributed by atoms with Gasteiger partial charge in [-0.25, -0.2) is 4.79 Å². The van der Waals surface area contributed by atoms with Crippen molar-refractivity contribution in [3.8, 4) is 0 Å². The minimum atomic E-state index is -0.649. The van der Waals surface area contributed by atoms with Crippen LogP contribution in [0.3, 0.4) is 0 Å². The van der Waals surface area contributed by atoms with E-state index in [1.54, 1.807) is 7.11 Å². The Labute approximate surface area is 240 Å². The number of carbonyl (C=O) groups is 2. The highest BCUT2D eigenvalue weighted by Gasteiger charge is 2.72. The molecule has 3 fully saturated rings. The first-order valence-corrected chi connectivity index (χ1v) is 14.9. The smallest absolute Gasteiger partial charge is 0.410 e. The molecule has 2 saturated heterocycles. The molecule has 4 bridgehead atoms. The van der Waals surface area contributed by atoms with Gasteiger partial charge in [-0.05, 0) is 68.8 Å². The number of unbranched alkanes of at least 4 members (excludes halogenated alkanes) is 3. The number of hydrogen-bond acceptors (Lipinski definition) is 5. The van der Waals surface area contributed by atoms with Gasteiger partial charge in [0.15, 0.2) is 0 Å². The topological polar surface area (TPSA) is 68.3 Å². The zero-order chi connectivity index (χ0) is 28.6. The average Bonchev–Trinajstić information content (AvgIpc) is 3.20. The first-order valence-electron chi connectivity index (χ1n) is 14.9. The van der Waals surface area contributed by atoms with Crippen LogP contribution in [-0.4, -0.2) is 73.9 Å². The summed E-state index contributed by atoms with van der Waals surface area (Å²) in [5.74, 6) is 0.719. The van der Waals surface area contributed by atoms with Crippen LogP contribution in [0.4, 0.5) is 4.79 Å². The molecule has 7 heteroatoms. The second-order valence-electron chi connectivity index (χ2n) is 11.9. The number of carbonyl (C=O) groups excluding carboxylic acids is 2. The molecular weight excluding hydrogens is 504 g/mol. The Morgan fingerprint density at radius 3 is 2.50 bits per heavy atom. The van der Waals surface area contributed by atoms with E-state index in [2.05, 4.69) is 30.2 Å². The number of methoxy groups -OCH3 is 2. The summed E-state index contributed by atoms with van der Waals surface area (Å²) in [6.45, 7) is 10.5. The number of ether oxygens (including phenoxy) is 3. The molecule has 4 rings (SSSR count). The summed E-state index contributed by atoms with van der Waals surface area (Å²) in [6.07, 6.45) is 11.2. The largest absolute Gasteiger partial charge is 0.453 e. The van der Waals surface area contributed by atoms with Crippen molar-refractivity contribution in [1.29, 1.82) is 0 Å². The number of allylic oxidation sites excluding steroid dienone is 2. The fourth-order valence-corrected chi connectivity index (χ4v) is 8.18. The van der Waals surface area contributed by atoms with Crippen molar-refractivity contribution in [2.45, 2.75) is 76.0 Å². The van der Waals surface area contributed by atoms with E-state index in [1.807, 2.05) is 35.3 Å². The second-order valence-corrected chi connectivity index (χ2v) is 11.9. The van der Waals surface area contributed by atoms with Gasteiger partial charge in [-0.15, -0.1) is 13.2 Å². The van der Waals surface area contributed by atoms with Gasteiger partial charge < -0.3 is 19.1 Å². The minimum Gasteiger partial charge on any atom is -0.453 e. The van der Waals surface area contributed by atoms with Gasteiger partial charge in [0.1, 0.15) is 0 Å². The quantitative estimate of drug-likeness (QED) is 0.197. The third-order valence-corrected chi connectivity index (χ3v) is 9.57. The molecule has 0 radical (unpaired) electrons. The Hall–Kier alpha value is -2.64. The fourth-order valence-electron chi connectivity index (χ4n) is 8.18. The van der Waals surface area contributed by atoms with Crippen LogP contribution >= 0.6 is 0 Å². The third-order valence-electron chi connectivity index (χ3n) is 9.57. The van der Waals surface area contributed by atoms with Crippen LogP contribution < -0.4 is 0 Å². The molecule has 220 valence electrons. The van der Waals surface area contributed by atoms with Gasteiger partial charge in [-0.2, -0.15) is 0 Å². The van der Waals surface area contributed by atoms with E-state index in [1.165, 1.54) is 7.11 Å². The number of hydrogen-bond donors (Lipinski definition) is 0. The molecule has 40 heavy (non-hydrogen) atoms. The lowest BCUT2D eigenvalue weighted by molar-refractivity contribution is -0.181. The van der Waals surface area contributed by atoms with Crippen molar-refractivity contribution >= 4 is 12.0 Å². The van der Waals surface area contributed by atoms with Crippen LogP contribution in [-0.2, 0) is 25.6 Å². The SMILES string of the molecule is C=CCCCCC(=O)N1CC[C@@H]2[C@@H]3CN(C(=O)OC)[C@]2(COC)[C@@H]1[C@](CCCC=C)(COCc1ccccc1)C3. The normalized spacial score (nSPS) is 28.8. The highest BCUT2D eigenvalue weighted by Crippen LogP contribution is 2.62. The molecule has 0 N–H and O–H groups in total. The van der Waals surface area contributed by atoms with Crippen LogP contribution in [0.1, 0.15) is 63.4 Å². The number of nitrogens with zero attached hydrogens (tertiary/aromatic N) is 2. The Balaban J connectivity index is 1.75. The summed E-state index contributed by atoms with van der Waals surface area (Å²) in [6, 6.07) is 10.0. The molecule has 0 unspecified atom stereocenters. The highest BCUT2D eigenvalue weighted by molar-refractivity contribution is 5.78. The molecule has 0 aromatic heterocycles. The second kappa shape index (κ2) is 13.8. The lowest BCUT2D eigenvalue weighted by atomic mass is 9.52. The zero-order valence-corrected chi connectivity index (χ0v) is 24.5. The molecule has 1 aliphatic carbocycles. The lowest BCUT2D eigenvalue weighted by Gasteiger charge is -2.63. The summed E-state index contributed by atoms with van der Waals surface area (Å²) in [5.41, 5.74) is 0.156. The van der Waals surface area contributed by atoms with E-state index in [0.29, 0.717) is 45.2 Å². The van der Waals surface area contributed by atoms with E-state index >= 15 is 0 Å². The van der Waals surface area contributed by atoms with Crippen molar-refractivity contribution < 1.29 is 23.8 Å². The van der Waals surface area contributed by atoms with Crippen LogP contribution in [0.15, 0.2) is 55.6 Å². The predicted molar refractivity (Wildman–Crippen MR) is 157 cm³/mol. The molecule has 2 heterocycles. The maximum atomic E-state index is 14.0. The van der Waals surface area contributed by atoms with E-state index in [0.717, 1.165) is 56.9 Å². The Morgan fingerprint density at radius 2 is 1.80 bits per heavy atom. The van der Waals surface area contributed by atoms with Crippen molar-refractivity contribution in [3.63, 3.8) is 0 Å². The lowest BCUT2D eigenvalue weighted by Crippen LogP contribution is -2.76. The number of likely N-dealkylation sites (tertiary alicyclic amines) is 2. The van der Waals surface area contributed by atoms with Crippen molar-refractivity contribution in [2.75, 3.05) is 40.5 Å². The first kappa shape index (κ1) is 30.3. The molecular formula is C33H48N2O5. The maximum Gasteiger partial charge on any atom is 0.410 e. The molecule has 2 aliphatic heterocycles. The summed E-state index contributed by atoms with van der Waals surface area (Å²) >= 11 is 0. The Kier molecular flexibility index (Phi) is 10.5. The summed E-state index contributed by atoms with van der Waals surface area (Å²) in [7, 11) is 3.15. The van der Waals surface area contributed by atoms with Gasteiger partial charge >= 0.3 is 6.09 Å². The van der Waals surface area contributed by atoms with Gasteiger partial charge in [0, 0.05) is 32.0 Å². The van der Waals surface area contributed by atoms with Gasteiger partial charge in [-0.1, -0.05) is 42.5 Å².